The average molecular weight is 448 g/mol. The average Bonchev–Trinajstić information content (AvgIpc) is 3.65. The number of pyridine rings is 1. The standard InChI is InChI=1S/C24H16N8O2/c33-24(20-13-19(27-28-20)21-7-3-11-34-21)26-17-6-1-4-15(12-17)18-8-9-22-29-30-23(32(22)31-18)16-5-2-10-25-14-16/h1-14H,(H,26,33)(H,27,28). The first-order valence-corrected chi connectivity index (χ1v) is 10.4. The molecule has 0 fully saturated rings. The molecule has 10 nitrogen and oxygen atoms in total. The Morgan fingerprint density at radius 1 is 0.971 bits per heavy atom. The first kappa shape index (κ1) is 19.6. The molecule has 0 atom stereocenters. The quantitative estimate of drug-likeness (QED) is 0.407. The summed E-state index contributed by atoms with van der Waals surface area (Å²) in [5.41, 5.74) is 4.45. The van der Waals surface area contributed by atoms with Gasteiger partial charge in [0.15, 0.2) is 22.9 Å². The fourth-order valence-corrected chi connectivity index (χ4v) is 3.57. The van der Waals surface area contributed by atoms with Gasteiger partial charge in [0.1, 0.15) is 5.69 Å². The van der Waals surface area contributed by atoms with Crippen LogP contribution in [0, 0.1) is 0 Å². The predicted octanol–water partition coefficient (Wildman–Crippen LogP) is 4.09. The number of nitrogens with one attached hydrogen (secondary N) is 2. The minimum absolute atomic E-state index is 0.252. The van der Waals surface area contributed by atoms with Gasteiger partial charge in [0.05, 0.1) is 12.0 Å². The van der Waals surface area contributed by atoms with E-state index >= 15 is 0 Å². The summed E-state index contributed by atoms with van der Waals surface area (Å²) < 4.78 is 7.01. The number of carbonyl (C=O) groups is 1. The number of nitrogens with zero attached hydrogens (tertiary/aromatic N) is 6. The Kier molecular flexibility index (Phi) is 4.66. The molecular weight excluding hydrogens is 432 g/mol. The molecule has 0 saturated carbocycles. The van der Waals surface area contributed by atoms with Crippen molar-refractivity contribution < 1.29 is 9.21 Å². The molecule has 0 aliphatic heterocycles. The van der Waals surface area contributed by atoms with Gasteiger partial charge < -0.3 is 9.73 Å². The van der Waals surface area contributed by atoms with Crippen LogP contribution in [-0.4, -0.2) is 40.9 Å². The molecule has 1 amide bonds. The molecule has 0 bridgehead atoms. The Morgan fingerprint density at radius 3 is 2.76 bits per heavy atom. The SMILES string of the molecule is O=C(Nc1cccc(-c2ccc3nnc(-c4cccnc4)n3n2)c1)c1cc(-c2ccco2)[nH]n1. The van der Waals surface area contributed by atoms with Gasteiger partial charge in [-0.25, -0.2) is 0 Å². The normalized spacial score (nSPS) is 11.1. The van der Waals surface area contributed by atoms with E-state index in [0.717, 1.165) is 11.1 Å². The summed E-state index contributed by atoms with van der Waals surface area (Å²) in [5.74, 6) is 0.863. The molecule has 5 heterocycles. The number of hydrogen-bond acceptors (Lipinski definition) is 7. The number of H-pyrrole nitrogens is 1. The molecule has 5 aromatic heterocycles. The number of hydrogen-bond donors (Lipinski definition) is 2. The fourth-order valence-electron chi connectivity index (χ4n) is 3.57. The number of anilines is 1. The molecule has 6 rings (SSSR count). The minimum atomic E-state index is -0.340. The van der Waals surface area contributed by atoms with Crippen LogP contribution in [0.2, 0.25) is 0 Å². The second kappa shape index (κ2) is 8.10. The summed E-state index contributed by atoms with van der Waals surface area (Å²) in [6, 6.07) is 20.1. The molecule has 6 aromatic rings. The minimum Gasteiger partial charge on any atom is -0.463 e. The maximum atomic E-state index is 12.7. The summed E-state index contributed by atoms with van der Waals surface area (Å²) >= 11 is 0. The van der Waals surface area contributed by atoms with Crippen LogP contribution in [0.3, 0.4) is 0 Å². The van der Waals surface area contributed by atoms with Crippen molar-refractivity contribution in [3.8, 4) is 34.1 Å². The molecule has 164 valence electrons. The van der Waals surface area contributed by atoms with Crippen LogP contribution in [0.5, 0.6) is 0 Å². The maximum absolute atomic E-state index is 12.7. The maximum Gasteiger partial charge on any atom is 0.276 e. The zero-order chi connectivity index (χ0) is 22.9. The van der Waals surface area contributed by atoms with Gasteiger partial charge in [-0.2, -0.15) is 14.7 Å². The third-order valence-electron chi connectivity index (χ3n) is 5.20. The van der Waals surface area contributed by atoms with E-state index in [2.05, 4.69) is 30.7 Å². The third kappa shape index (κ3) is 3.58. The van der Waals surface area contributed by atoms with Gasteiger partial charge in [0.2, 0.25) is 0 Å². The van der Waals surface area contributed by atoms with Crippen LogP contribution in [0.1, 0.15) is 10.5 Å². The van der Waals surface area contributed by atoms with Gasteiger partial charge in [-0.1, -0.05) is 12.1 Å². The smallest absolute Gasteiger partial charge is 0.276 e. The highest BCUT2D eigenvalue weighted by Crippen LogP contribution is 2.24. The zero-order valence-corrected chi connectivity index (χ0v) is 17.6. The lowest BCUT2D eigenvalue weighted by atomic mass is 10.1. The van der Waals surface area contributed by atoms with Crippen molar-refractivity contribution in [2.45, 2.75) is 0 Å². The van der Waals surface area contributed by atoms with Gasteiger partial charge in [-0.05, 0) is 48.5 Å². The van der Waals surface area contributed by atoms with E-state index in [1.807, 2.05) is 42.5 Å². The van der Waals surface area contributed by atoms with Gasteiger partial charge in [0.25, 0.3) is 5.91 Å². The highest BCUT2D eigenvalue weighted by atomic mass is 16.3. The van der Waals surface area contributed by atoms with Crippen molar-refractivity contribution in [2.24, 2.45) is 0 Å². The van der Waals surface area contributed by atoms with Crippen LogP contribution >= 0.6 is 0 Å². The predicted molar refractivity (Wildman–Crippen MR) is 124 cm³/mol. The van der Waals surface area contributed by atoms with E-state index in [1.165, 1.54) is 0 Å². The Bertz CT molecular complexity index is 1600. The summed E-state index contributed by atoms with van der Waals surface area (Å²) in [6.07, 6.45) is 4.98. The van der Waals surface area contributed by atoms with Crippen molar-refractivity contribution in [3.05, 3.63) is 91.1 Å². The van der Waals surface area contributed by atoms with E-state index in [1.54, 1.807) is 47.4 Å². The van der Waals surface area contributed by atoms with E-state index in [-0.39, 0.29) is 11.6 Å². The van der Waals surface area contributed by atoms with Gasteiger partial charge in [-0.3, -0.25) is 14.9 Å². The summed E-state index contributed by atoms with van der Waals surface area (Å²) in [4.78, 5) is 16.9. The van der Waals surface area contributed by atoms with Crippen molar-refractivity contribution in [2.75, 3.05) is 5.32 Å². The van der Waals surface area contributed by atoms with E-state index in [9.17, 15) is 4.79 Å². The van der Waals surface area contributed by atoms with Gasteiger partial charge in [-0.15, -0.1) is 10.2 Å². The van der Waals surface area contributed by atoms with E-state index < -0.39 is 0 Å². The van der Waals surface area contributed by atoms with Crippen LogP contribution in [-0.2, 0) is 0 Å². The molecule has 0 aliphatic carbocycles. The third-order valence-corrected chi connectivity index (χ3v) is 5.20. The number of furan rings is 1. The lowest BCUT2D eigenvalue weighted by Crippen LogP contribution is -2.12. The van der Waals surface area contributed by atoms with E-state index in [0.29, 0.717) is 34.3 Å². The Balaban J connectivity index is 1.28. The topological polar surface area (TPSA) is 127 Å². The number of fused-ring (bicyclic) bond motifs is 1. The van der Waals surface area contributed by atoms with E-state index in [4.69, 9.17) is 9.52 Å². The molecule has 0 radical (unpaired) electrons. The monoisotopic (exact) mass is 448 g/mol. The summed E-state index contributed by atoms with van der Waals surface area (Å²) in [6.45, 7) is 0. The first-order valence-electron chi connectivity index (χ1n) is 10.4. The van der Waals surface area contributed by atoms with Gasteiger partial charge >= 0.3 is 0 Å². The van der Waals surface area contributed by atoms with Crippen molar-refractivity contribution in [1.29, 1.82) is 0 Å². The van der Waals surface area contributed by atoms with Crippen molar-refractivity contribution in [1.82, 2.24) is 35.0 Å². The molecule has 34 heavy (non-hydrogen) atoms. The molecule has 0 spiro atoms. The fraction of sp³-hybridized carbons (Fsp3) is 0. The Hall–Kier alpha value is -5.12. The molecule has 0 unspecified atom stereocenters. The molecule has 0 aliphatic rings. The zero-order valence-electron chi connectivity index (χ0n) is 17.6. The Morgan fingerprint density at radius 2 is 1.91 bits per heavy atom. The van der Waals surface area contributed by atoms with Crippen LogP contribution < -0.4 is 5.32 Å². The Labute approximate surface area is 192 Å². The number of benzene rings is 1. The second-order valence-electron chi connectivity index (χ2n) is 7.43. The second-order valence-corrected chi connectivity index (χ2v) is 7.43. The molecule has 1 aromatic carbocycles. The first-order chi connectivity index (χ1) is 16.7. The van der Waals surface area contributed by atoms with Crippen LogP contribution in [0.15, 0.2) is 89.8 Å². The summed E-state index contributed by atoms with van der Waals surface area (Å²) in [7, 11) is 0. The highest BCUT2D eigenvalue weighted by molar-refractivity contribution is 6.03. The highest BCUT2D eigenvalue weighted by Gasteiger charge is 2.14. The van der Waals surface area contributed by atoms with Crippen LogP contribution in [0.4, 0.5) is 5.69 Å². The molecule has 2 N–H and O–H groups in total. The number of rotatable bonds is 5. The molecule has 0 saturated heterocycles. The van der Waals surface area contributed by atoms with Gasteiger partial charge in [0, 0.05) is 35.3 Å². The lowest BCUT2D eigenvalue weighted by Gasteiger charge is -2.07. The van der Waals surface area contributed by atoms with Crippen molar-refractivity contribution >= 4 is 17.2 Å². The van der Waals surface area contributed by atoms with Crippen molar-refractivity contribution in [3.63, 3.8) is 0 Å². The number of amides is 1. The number of aromatic nitrogens is 7. The lowest BCUT2D eigenvalue weighted by molar-refractivity contribution is 0.102. The number of aromatic amines is 1. The number of carbonyl (C=O) groups excluding carboxylic acids is 1. The molecular formula is C24H16N8O2. The largest absolute Gasteiger partial charge is 0.463 e. The van der Waals surface area contributed by atoms with Crippen LogP contribution in [0.25, 0.3) is 39.7 Å². The molecule has 10 heteroatoms. The summed E-state index contributed by atoms with van der Waals surface area (Å²) in [5, 5.41) is 22.9.